The molecule has 0 aliphatic carbocycles. The number of hydrogen-bond donors (Lipinski definition) is 0. The number of aromatic nitrogens is 3. The summed E-state index contributed by atoms with van der Waals surface area (Å²) in [4.78, 5) is 12.2. The van der Waals surface area contributed by atoms with Gasteiger partial charge in [0.2, 0.25) is 0 Å². The Morgan fingerprint density at radius 1 is 1.35 bits per heavy atom. The number of rotatable bonds is 3. The van der Waals surface area contributed by atoms with Crippen LogP contribution in [0.25, 0.3) is 5.69 Å². The predicted octanol–water partition coefficient (Wildman–Crippen LogP) is -3.36. The molecule has 0 fully saturated rings. The van der Waals surface area contributed by atoms with Crippen molar-refractivity contribution in [3.05, 3.63) is 36.2 Å². The molecular weight excluding hydrogens is 249 g/mol. The SMILES string of the molecule is COc1ccc(-n2nccn2)c(C(=O)[O-])c1.[K+]. The van der Waals surface area contributed by atoms with Crippen molar-refractivity contribution in [3.63, 3.8) is 0 Å². The van der Waals surface area contributed by atoms with Crippen molar-refractivity contribution in [2.75, 3.05) is 7.11 Å². The van der Waals surface area contributed by atoms with E-state index in [1.165, 1.54) is 30.4 Å². The van der Waals surface area contributed by atoms with Crippen molar-refractivity contribution in [2.24, 2.45) is 0 Å². The van der Waals surface area contributed by atoms with Gasteiger partial charge in [0.1, 0.15) is 5.75 Å². The summed E-state index contributed by atoms with van der Waals surface area (Å²) in [6.45, 7) is 0. The third kappa shape index (κ3) is 3.14. The maximum atomic E-state index is 10.9. The fraction of sp³-hybridized carbons (Fsp3) is 0.100. The zero-order chi connectivity index (χ0) is 11.5. The molecule has 0 amide bonds. The Balaban J connectivity index is 0.00000144. The molecule has 0 radical (unpaired) electrons. The number of benzene rings is 1. The minimum absolute atomic E-state index is 0. The smallest absolute Gasteiger partial charge is 0.545 e. The minimum Gasteiger partial charge on any atom is -0.545 e. The van der Waals surface area contributed by atoms with Crippen LogP contribution in [-0.2, 0) is 0 Å². The number of ether oxygens (including phenoxy) is 1. The second kappa shape index (κ2) is 6.27. The molecule has 82 valence electrons. The van der Waals surface area contributed by atoms with Crippen molar-refractivity contribution >= 4 is 5.97 Å². The molecule has 7 heteroatoms. The van der Waals surface area contributed by atoms with Crippen LogP contribution in [0.5, 0.6) is 5.75 Å². The minimum atomic E-state index is -1.30. The Labute approximate surface area is 140 Å². The molecule has 0 saturated carbocycles. The first-order valence-corrected chi connectivity index (χ1v) is 4.48. The van der Waals surface area contributed by atoms with Crippen LogP contribution in [0.15, 0.2) is 30.6 Å². The molecule has 2 rings (SSSR count). The topological polar surface area (TPSA) is 80.1 Å². The van der Waals surface area contributed by atoms with E-state index in [-0.39, 0.29) is 56.9 Å². The van der Waals surface area contributed by atoms with Gasteiger partial charge in [0.25, 0.3) is 0 Å². The second-order valence-corrected chi connectivity index (χ2v) is 2.99. The summed E-state index contributed by atoms with van der Waals surface area (Å²) in [6.07, 6.45) is 2.92. The Hall–Kier alpha value is -0.734. The normalized spacial score (nSPS) is 9.47. The Morgan fingerprint density at radius 3 is 2.53 bits per heavy atom. The number of aromatic carboxylic acids is 1. The van der Waals surface area contributed by atoms with Crippen molar-refractivity contribution in [2.45, 2.75) is 0 Å². The van der Waals surface area contributed by atoms with E-state index in [0.29, 0.717) is 11.4 Å². The molecule has 0 aliphatic heterocycles. The van der Waals surface area contributed by atoms with E-state index < -0.39 is 5.97 Å². The summed E-state index contributed by atoms with van der Waals surface area (Å²) in [5.41, 5.74) is 0.321. The fourth-order valence-electron chi connectivity index (χ4n) is 1.32. The third-order valence-electron chi connectivity index (χ3n) is 2.06. The summed E-state index contributed by atoms with van der Waals surface area (Å²) in [6, 6.07) is 4.56. The monoisotopic (exact) mass is 257 g/mol. The summed E-state index contributed by atoms with van der Waals surface area (Å²) >= 11 is 0. The molecule has 1 aromatic heterocycles. The summed E-state index contributed by atoms with van der Waals surface area (Å²) in [7, 11) is 1.46. The summed E-state index contributed by atoms with van der Waals surface area (Å²) in [5.74, 6) is -0.860. The van der Waals surface area contributed by atoms with Crippen molar-refractivity contribution in [3.8, 4) is 11.4 Å². The molecule has 2 aromatic rings. The molecule has 0 bridgehead atoms. The summed E-state index contributed by atoms with van der Waals surface area (Å²) < 4.78 is 4.94. The predicted molar refractivity (Wildman–Crippen MR) is 52.2 cm³/mol. The van der Waals surface area contributed by atoms with Gasteiger partial charge in [0.15, 0.2) is 0 Å². The van der Waals surface area contributed by atoms with Gasteiger partial charge in [-0.2, -0.15) is 15.0 Å². The fourth-order valence-corrected chi connectivity index (χ4v) is 1.32. The number of nitrogens with zero attached hydrogens (tertiary/aromatic N) is 3. The van der Waals surface area contributed by atoms with E-state index in [1.807, 2.05) is 0 Å². The van der Waals surface area contributed by atoms with Gasteiger partial charge in [-0.15, -0.1) is 0 Å². The molecule has 0 N–H and O–H groups in total. The quantitative estimate of drug-likeness (QED) is 0.537. The molecular formula is C10H8KN3O3. The van der Waals surface area contributed by atoms with Gasteiger partial charge in [-0.3, -0.25) is 0 Å². The van der Waals surface area contributed by atoms with E-state index in [2.05, 4.69) is 10.2 Å². The number of carbonyl (C=O) groups excluding carboxylic acids is 1. The molecule has 0 unspecified atom stereocenters. The van der Waals surface area contributed by atoms with Gasteiger partial charge < -0.3 is 14.6 Å². The van der Waals surface area contributed by atoms with E-state index >= 15 is 0 Å². The number of hydrogen-bond acceptors (Lipinski definition) is 5. The van der Waals surface area contributed by atoms with Gasteiger partial charge in [-0.1, -0.05) is 0 Å². The molecule has 0 atom stereocenters. The van der Waals surface area contributed by atoms with Gasteiger partial charge in [0.05, 0.1) is 31.2 Å². The van der Waals surface area contributed by atoms with Gasteiger partial charge >= 0.3 is 51.4 Å². The van der Waals surface area contributed by atoms with Gasteiger partial charge in [-0.25, -0.2) is 0 Å². The van der Waals surface area contributed by atoms with Crippen LogP contribution in [0, 0.1) is 0 Å². The molecule has 1 heterocycles. The first-order chi connectivity index (χ1) is 7.72. The average Bonchev–Trinajstić information content (AvgIpc) is 2.81. The molecule has 17 heavy (non-hydrogen) atoms. The van der Waals surface area contributed by atoms with E-state index in [0.717, 1.165) is 0 Å². The Kier molecular flexibility index (Phi) is 5.28. The maximum Gasteiger partial charge on any atom is 1.00 e. The maximum absolute atomic E-state index is 10.9. The summed E-state index contributed by atoms with van der Waals surface area (Å²) in [5, 5.41) is 18.7. The Morgan fingerprint density at radius 2 is 2.00 bits per heavy atom. The van der Waals surface area contributed by atoms with E-state index in [9.17, 15) is 9.90 Å². The van der Waals surface area contributed by atoms with E-state index in [1.54, 1.807) is 12.1 Å². The standard InChI is InChI=1S/C10H9N3O3.K/c1-16-7-2-3-9(8(6-7)10(14)15)13-11-4-5-12-13;/h2-6H,1H3,(H,14,15);/q;+1/p-1. The molecule has 0 saturated heterocycles. The number of carboxylic acids is 1. The molecule has 6 nitrogen and oxygen atoms in total. The van der Waals surface area contributed by atoms with Crippen molar-refractivity contribution in [1.82, 2.24) is 15.0 Å². The zero-order valence-corrected chi connectivity index (χ0v) is 12.6. The van der Waals surface area contributed by atoms with Crippen LogP contribution in [-0.4, -0.2) is 28.1 Å². The first kappa shape index (κ1) is 14.3. The Bertz CT molecular complexity index is 514. The number of methoxy groups -OCH3 is 1. The van der Waals surface area contributed by atoms with Crippen LogP contribution in [0.2, 0.25) is 0 Å². The van der Waals surface area contributed by atoms with Crippen molar-refractivity contribution < 1.29 is 66.0 Å². The van der Waals surface area contributed by atoms with Crippen molar-refractivity contribution in [1.29, 1.82) is 0 Å². The number of carboxylic acid groups (broad SMARTS) is 1. The van der Waals surface area contributed by atoms with Gasteiger partial charge in [-0.05, 0) is 18.2 Å². The molecule has 0 aliphatic rings. The molecule has 0 spiro atoms. The first-order valence-electron chi connectivity index (χ1n) is 4.48. The third-order valence-corrected chi connectivity index (χ3v) is 2.06. The average molecular weight is 257 g/mol. The van der Waals surface area contributed by atoms with Crippen LogP contribution >= 0.6 is 0 Å². The van der Waals surface area contributed by atoms with Crippen LogP contribution in [0.3, 0.4) is 0 Å². The van der Waals surface area contributed by atoms with Gasteiger partial charge in [0, 0.05) is 5.56 Å². The zero-order valence-electron chi connectivity index (χ0n) is 9.45. The second-order valence-electron chi connectivity index (χ2n) is 2.99. The number of carbonyl (C=O) groups is 1. The van der Waals surface area contributed by atoms with Crippen LogP contribution in [0.4, 0.5) is 0 Å². The van der Waals surface area contributed by atoms with Crippen LogP contribution in [0.1, 0.15) is 10.4 Å². The largest absolute Gasteiger partial charge is 1.00 e. The van der Waals surface area contributed by atoms with Crippen LogP contribution < -0.4 is 61.2 Å². The molecule has 1 aromatic carbocycles. The van der Waals surface area contributed by atoms with E-state index in [4.69, 9.17) is 4.74 Å².